The van der Waals surface area contributed by atoms with E-state index >= 15 is 0 Å². The van der Waals surface area contributed by atoms with Crippen molar-refractivity contribution in [2.24, 2.45) is 0 Å². The Morgan fingerprint density at radius 1 is 1.14 bits per heavy atom. The number of imide groups is 2. The summed E-state index contributed by atoms with van der Waals surface area (Å²) in [6.07, 6.45) is 1.09. The third kappa shape index (κ3) is 3.49. The summed E-state index contributed by atoms with van der Waals surface area (Å²) in [6.45, 7) is 1.77. The topological polar surface area (TPSA) is 133 Å². The molecule has 4 amide bonds. The molecule has 9 nitrogen and oxygen atoms in total. The van der Waals surface area contributed by atoms with E-state index in [4.69, 9.17) is 0 Å². The highest BCUT2D eigenvalue weighted by atomic mass is 79.9. The van der Waals surface area contributed by atoms with Crippen LogP contribution in [0.5, 0.6) is 5.75 Å². The van der Waals surface area contributed by atoms with E-state index in [1.165, 1.54) is 12.1 Å². The number of rotatable bonds is 3. The molecule has 28 heavy (non-hydrogen) atoms. The van der Waals surface area contributed by atoms with Crippen LogP contribution in [-0.2, 0) is 9.59 Å². The first-order chi connectivity index (χ1) is 13.2. The fourth-order valence-corrected chi connectivity index (χ4v) is 2.84. The SMILES string of the molecule is Cc1cc(N2C(=O)NC(=O)/C(=C/c3ccc([O-])c([N+](=O)[O-])c3)C2=O)ccc1Br. The number of hydrogen-bond donors (Lipinski definition) is 1. The van der Waals surface area contributed by atoms with Gasteiger partial charge in [-0.15, -0.1) is 0 Å². The highest BCUT2D eigenvalue weighted by molar-refractivity contribution is 9.10. The number of carbonyl (C=O) groups excluding carboxylic acids is 3. The third-order valence-corrected chi connectivity index (χ3v) is 4.88. The number of barbiturate groups is 1. The molecule has 1 heterocycles. The van der Waals surface area contributed by atoms with Crippen molar-refractivity contribution in [1.82, 2.24) is 5.32 Å². The number of nitro groups is 1. The molecule has 0 radical (unpaired) electrons. The molecule has 2 aromatic carbocycles. The van der Waals surface area contributed by atoms with E-state index in [0.29, 0.717) is 0 Å². The van der Waals surface area contributed by atoms with E-state index in [1.54, 1.807) is 19.1 Å². The highest BCUT2D eigenvalue weighted by Gasteiger charge is 2.37. The van der Waals surface area contributed by atoms with Gasteiger partial charge in [0, 0.05) is 10.5 Å². The predicted molar refractivity (Wildman–Crippen MR) is 100 cm³/mol. The van der Waals surface area contributed by atoms with Crippen LogP contribution in [0.25, 0.3) is 6.08 Å². The van der Waals surface area contributed by atoms with Crippen LogP contribution in [0.15, 0.2) is 46.4 Å². The lowest BCUT2D eigenvalue weighted by Crippen LogP contribution is -2.54. The van der Waals surface area contributed by atoms with E-state index < -0.39 is 39.8 Å². The minimum atomic E-state index is -0.936. The van der Waals surface area contributed by atoms with Crippen molar-refractivity contribution < 1.29 is 24.4 Å². The second kappa shape index (κ2) is 7.24. The van der Waals surface area contributed by atoms with Crippen LogP contribution in [0, 0.1) is 17.0 Å². The first kappa shape index (κ1) is 19.2. The van der Waals surface area contributed by atoms with Gasteiger partial charge in [0.1, 0.15) is 5.57 Å². The summed E-state index contributed by atoms with van der Waals surface area (Å²) in [5.41, 5.74) is 0.0402. The van der Waals surface area contributed by atoms with Crippen molar-refractivity contribution in [2.75, 3.05) is 4.90 Å². The van der Waals surface area contributed by atoms with Crippen molar-refractivity contribution in [3.05, 3.63) is 67.7 Å². The van der Waals surface area contributed by atoms with Crippen LogP contribution in [-0.4, -0.2) is 22.8 Å². The summed E-state index contributed by atoms with van der Waals surface area (Å²) in [4.78, 5) is 48.0. The molecule has 10 heteroatoms. The fourth-order valence-electron chi connectivity index (χ4n) is 2.59. The number of nitro benzene ring substituents is 1. The zero-order chi connectivity index (χ0) is 20.6. The maximum atomic E-state index is 12.8. The van der Waals surface area contributed by atoms with Crippen molar-refractivity contribution in [3.8, 4) is 5.75 Å². The average molecular weight is 445 g/mol. The first-order valence-electron chi connectivity index (χ1n) is 7.82. The van der Waals surface area contributed by atoms with Crippen molar-refractivity contribution in [3.63, 3.8) is 0 Å². The molecule has 0 spiro atoms. The standard InChI is InChI=1S/C18H12BrN3O6/c1-9-6-11(3-4-13(9)19)21-17(25)12(16(24)20-18(21)26)7-10-2-5-15(23)14(8-10)22(27)28/h2-8,23H,1H3,(H,20,24,26)/p-1/b12-7-. The normalized spacial score (nSPS) is 15.7. The van der Waals surface area contributed by atoms with Crippen LogP contribution < -0.4 is 15.3 Å². The molecule has 1 saturated heterocycles. The van der Waals surface area contributed by atoms with Gasteiger partial charge in [0.25, 0.3) is 17.5 Å². The molecule has 0 atom stereocenters. The quantitative estimate of drug-likeness (QED) is 0.334. The van der Waals surface area contributed by atoms with E-state index in [2.05, 4.69) is 21.2 Å². The van der Waals surface area contributed by atoms with Gasteiger partial charge in [-0.1, -0.05) is 28.1 Å². The van der Waals surface area contributed by atoms with Crippen molar-refractivity contribution >= 4 is 51.2 Å². The number of aryl methyl sites for hydroxylation is 1. The van der Waals surface area contributed by atoms with Crippen LogP contribution in [0.1, 0.15) is 11.1 Å². The Hall–Kier alpha value is -3.53. The Labute approximate surface area is 166 Å². The van der Waals surface area contributed by atoms with Gasteiger partial charge in [-0.2, -0.15) is 0 Å². The molecule has 0 bridgehead atoms. The lowest BCUT2D eigenvalue weighted by Gasteiger charge is -2.26. The molecule has 142 valence electrons. The number of nitrogens with one attached hydrogen (secondary N) is 1. The Morgan fingerprint density at radius 3 is 2.50 bits per heavy atom. The number of carbonyl (C=O) groups is 3. The summed E-state index contributed by atoms with van der Waals surface area (Å²) in [7, 11) is 0. The first-order valence-corrected chi connectivity index (χ1v) is 8.61. The van der Waals surface area contributed by atoms with Gasteiger partial charge in [0.15, 0.2) is 0 Å². The number of anilines is 1. The van der Waals surface area contributed by atoms with Crippen LogP contribution in [0.2, 0.25) is 0 Å². The maximum absolute atomic E-state index is 12.8. The van der Waals surface area contributed by atoms with E-state index in [0.717, 1.165) is 33.1 Å². The Balaban J connectivity index is 2.05. The Morgan fingerprint density at radius 2 is 1.86 bits per heavy atom. The van der Waals surface area contributed by atoms with Gasteiger partial charge in [-0.05, 0) is 48.1 Å². The molecule has 1 aliphatic heterocycles. The van der Waals surface area contributed by atoms with Gasteiger partial charge < -0.3 is 5.11 Å². The molecular formula is C18H11BrN3O6-. The van der Waals surface area contributed by atoms with Crippen LogP contribution in [0.4, 0.5) is 16.2 Å². The lowest BCUT2D eigenvalue weighted by atomic mass is 10.1. The molecule has 1 fully saturated rings. The number of amides is 4. The monoisotopic (exact) mass is 444 g/mol. The summed E-state index contributed by atoms with van der Waals surface area (Å²) in [6, 6.07) is 7.03. The van der Waals surface area contributed by atoms with E-state index in [-0.39, 0.29) is 11.3 Å². The Bertz CT molecular complexity index is 1080. The maximum Gasteiger partial charge on any atom is 0.335 e. The third-order valence-electron chi connectivity index (χ3n) is 3.99. The van der Waals surface area contributed by atoms with Gasteiger partial charge in [-0.25, -0.2) is 9.69 Å². The zero-order valence-corrected chi connectivity index (χ0v) is 15.8. The Kier molecular flexibility index (Phi) is 4.97. The molecule has 0 saturated carbocycles. The van der Waals surface area contributed by atoms with Gasteiger partial charge >= 0.3 is 6.03 Å². The van der Waals surface area contributed by atoms with E-state index in [1.807, 2.05) is 0 Å². The molecule has 3 rings (SSSR count). The average Bonchev–Trinajstić information content (AvgIpc) is 2.62. The largest absolute Gasteiger partial charge is 0.868 e. The molecule has 1 aliphatic rings. The summed E-state index contributed by atoms with van der Waals surface area (Å²) in [5.74, 6) is -2.62. The molecule has 0 aromatic heterocycles. The molecular weight excluding hydrogens is 434 g/mol. The highest BCUT2D eigenvalue weighted by Crippen LogP contribution is 2.28. The fraction of sp³-hybridized carbons (Fsp3) is 0.0556. The van der Waals surface area contributed by atoms with Crippen LogP contribution >= 0.6 is 15.9 Å². The minimum absolute atomic E-state index is 0.103. The van der Waals surface area contributed by atoms with Gasteiger partial charge in [-0.3, -0.25) is 25.0 Å². The number of urea groups is 1. The predicted octanol–water partition coefficient (Wildman–Crippen LogP) is 2.41. The second-order valence-corrected chi connectivity index (χ2v) is 6.73. The molecule has 2 aromatic rings. The zero-order valence-electron chi connectivity index (χ0n) is 14.3. The number of hydrogen-bond acceptors (Lipinski definition) is 6. The smallest absolute Gasteiger partial charge is 0.335 e. The van der Waals surface area contributed by atoms with Crippen molar-refractivity contribution in [1.29, 1.82) is 0 Å². The lowest BCUT2D eigenvalue weighted by molar-refractivity contribution is -0.398. The molecule has 0 aliphatic carbocycles. The van der Waals surface area contributed by atoms with Gasteiger partial charge in [0.05, 0.1) is 10.6 Å². The van der Waals surface area contributed by atoms with E-state index in [9.17, 15) is 29.6 Å². The molecule has 1 N–H and O–H groups in total. The second-order valence-electron chi connectivity index (χ2n) is 5.88. The summed E-state index contributed by atoms with van der Waals surface area (Å²) < 4.78 is 0.776. The van der Waals surface area contributed by atoms with Gasteiger partial charge in [0.2, 0.25) is 0 Å². The number of nitrogens with zero attached hydrogens (tertiary/aromatic N) is 2. The van der Waals surface area contributed by atoms with Crippen LogP contribution in [0.3, 0.4) is 0 Å². The summed E-state index contributed by atoms with van der Waals surface area (Å²) >= 11 is 3.32. The van der Waals surface area contributed by atoms with Crippen molar-refractivity contribution in [2.45, 2.75) is 6.92 Å². The number of benzene rings is 2. The molecule has 0 unspecified atom stereocenters. The minimum Gasteiger partial charge on any atom is -0.868 e. The summed E-state index contributed by atoms with van der Waals surface area (Å²) in [5, 5.41) is 24.5. The number of halogens is 1.